The highest BCUT2D eigenvalue weighted by molar-refractivity contribution is 5.74. The number of nitrogens with zero attached hydrogens (tertiary/aromatic N) is 2. The number of hydrogen-bond donors (Lipinski definition) is 0. The Morgan fingerprint density at radius 1 is 0.941 bits per heavy atom. The molecule has 3 aliphatic rings. The van der Waals surface area contributed by atoms with E-state index < -0.39 is 5.79 Å². The van der Waals surface area contributed by atoms with E-state index in [2.05, 4.69) is 0 Å². The van der Waals surface area contributed by atoms with E-state index in [1.165, 1.54) is 0 Å². The lowest BCUT2D eigenvalue weighted by Gasteiger charge is -2.39. The summed E-state index contributed by atoms with van der Waals surface area (Å²) >= 11 is 0. The van der Waals surface area contributed by atoms with Gasteiger partial charge in [0, 0.05) is 26.1 Å². The number of piperidine rings is 1. The van der Waals surface area contributed by atoms with Crippen LogP contribution in [-0.2, 0) is 9.47 Å². The van der Waals surface area contributed by atoms with Gasteiger partial charge < -0.3 is 19.3 Å². The summed E-state index contributed by atoms with van der Waals surface area (Å²) in [6.45, 7) is 4.57. The first-order chi connectivity index (χ1) is 8.29. The Balaban J connectivity index is 1.64. The molecule has 96 valence electrons. The van der Waals surface area contributed by atoms with Gasteiger partial charge in [-0.3, -0.25) is 0 Å². The Morgan fingerprint density at radius 2 is 1.59 bits per heavy atom. The quantitative estimate of drug-likeness (QED) is 0.635. The van der Waals surface area contributed by atoms with Gasteiger partial charge in [-0.2, -0.15) is 0 Å². The molecule has 0 N–H and O–H groups in total. The molecule has 5 heteroatoms. The second-order valence-electron chi connectivity index (χ2n) is 5.11. The summed E-state index contributed by atoms with van der Waals surface area (Å²) in [5.74, 6) is -0.492. The first-order valence-corrected chi connectivity index (χ1v) is 6.61. The van der Waals surface area contributed by atoms with Crippen LogP contribution in [0.1, 0.15) is 25.7 Å². The second kappa shape index (κ2) is 4.46. The zero-order valence-electron chi connectivity index (χ0n) is 10.2. The van der Waals surface area contributed by atoms with Gasteiger partial charge in [0.25, 0.3) is 0 Å². The number of amides is 2. The molecule has 3 saturated heterocycles. The van der Waals surface area contributed by atoms with Crippen LogP contribution in [0, 0.1) is 0 Å². The maximum Gasteiger partial charge on any atom is 0.320 e. The zero-order valence-corrected chi connectivity index (χ0v) is 10.2. The minimum atomic E-state index is -0.492. The number of rotatable bonds is 0. The molecule has 0 aromatic heterocycles. The van der Waals surface area contributed by atoms with Gasteiger partial charge in [0.05, 0.1) is 19.8 Å². The van der Waals surface area contributed by atoms with Crippen LogP contribution in [0.3, 0.4) is 0 Å². The zero-order chi connectivity index (χ0) is 11.7. The molecule has 0 radical (unpaired) electrons. The highest BCUT2D eigenvalue weighted by Crippen LogP contribution is 2.30. The highest BCUT2D eigenvalue weighted by Gasteiger charge is 2.42. The van der Waals surface area contributed by atoms with Crippen molar-refractivity contribution >= 4 is 6.03 Å². The van der Waals surface area contributed by atoms with Gasteiger partial charge in [-0.1, -0.05) is 0 Å². The number of ether oxygens (including phenoxy) is 2. The predicted molar refractivity (Wildman–Crippen MR) is 61.6 cm³/mol. The van der Waals surface area contributed by atoms with Crippen molar-refractivity contribution < 1.29 is 14.3 Å². The molecule has 0 bridgehead atoms. The van der Waals surface area contributed by atoms with Crippen LogP contribution in [0.25, 0.3) is 0 Å². The van der Waals surface area contributed by atoms with Gasteiger partial charge in [0.15, 0.2) is 5.79 Å². The SMILES string of the molecule is O=C(N1CCCC1)N1CCCC2(C1)OCCO2. The largest absolute Gasteiger partial charge is 0.346 e. The molecule has 0 aromatic rings. The van der Waals surface area contributed by atoms with Crippen molar-refractivity contribution in [3.8, 4) is 0 Å². The van der Waals surface area contributed by atoms with Gasteiger partial charge in [0.2, 0.25) is 0 Å². The number of carbonyl (C=O) groups is 1. The van der Waals surface area contributed by atoms with E-state index in [-0.39, 0.29) is 6.03 Å². The lowest BCUT2D eigenvalue weighted by molar-refractivity contribution is -0.183. The van der Waals surface area contributed by atoms with E-state index in [1.807, 2.05) is 9.80 Å². The molecule has 2 amide bonds. The Bertz CT molecular complexity index is 296. The van der Waals surface area contributed by atoms with E-state index in [0.29, 0.717) is 19.8 Å². The predicted octanol–water partition coefficient (Wildman–Crippen LogP) is 1.04. The summed E-state index contributed by atoms with van der Waals surface area (Å²) in [4.78, 5) is 16.1. The van der Waals surface area contributed by atoms with Crippen LogP contribution in [0.4, 0.5) is 4.79 Å². The average molecular weight is 240 g/mol. The second-order valence-corrected chi connectivity index (χ2v) is 5.11. The molecule has 17 heavy (non-hydrogen) atoms. The van der Waals surface area contributed by atoms with Crippen LogP contribution in [-0.4, -0.2) is 61.0 Å². The molecule has 5 nitrogen and oxygen atoms in total. The summed E-state index contributed by atoms with van der Waals surface area (Å²) in [5.41, 5.74) is 0. The third-order valence-electron chi connectivity index (χ3n) is 3.88. The minimum Gasteiger partial charge on any atom is -0.346 e. The molecule has 0 saturated carbocycles. The van der Waals surface area contributed by atoms with Gasteiger partial charge in [0.1, 0.15) is 0 Å². The standard InChI is InChI=1S/C12H20N2O3/c15-11(13-5-1-2-6-13)14-7-3-4-12(10-14)16-8-9-17-12/h1-10H2. The maximum absolute atomic E-state index is 12.3. The van der Waals surface area contributed by atoms with E-state index >= 15 is 0 Å². The molecule has 0 unspecified atom stereocenters. The van der Waals surface area contributed by atoms with E-state index in [0.717, 1.165) is 45.3 Å². The summed E-state index contributed by atoms with van der Waals surface area (Å²) in [6.07, 6.45) is 4.16. The lowest BCUT2D eigenvalue weighted by Crippen LogP contribution is -2.54. The Kier molecular flexibility index (Phi) is 2.96. The van der Waals surface area contributed by atoms with E-state index in [4.69, 9.17) is 9.47 Å². The van der Waals surface area contributed by atoms with Crippen LogP contribution in [0.5, 0.6) is 0 Å². The fraction of sp³-hybridized carbons (Fsp3) is 0.917. The molecule has 1 spiro atoms. The fourth-order valence-corrected chi connectivity index (χ4v) is 2.99. The van der Waals surface area contributed by atoms with Gasteiger partial charge in [-0.15, -0.1) is 0 Å². The molecule has 3 aliphatic heterocycles. The summed E-state index contributed by atoms with van der Waals surface area (Å²) in [6, 6.07) is 0.167. The number of carbonyl (C=O) groups excluding carboxylic acids is 1. The number of hydrogen-bond acceptors (Lipinski definition) is 3. The maximum atomic E-state index is 12.3. The number of likely N-dealkylation sites (tertiary alicyclic amines) is 2. The van der Waals surface area contributed by atoms with Crippen molar-refractivity contribution in [1.82, 2.24) is 9.80 Å². The molecule has 0 aliphatic carbocycles. The van der Waals surface area contributed by atoms with Crippen molar-refractivity contribution in [3.05, 3.63) is 0 Å². The lowest BCUT2D eigenvalue weighted by atomic mass is 10.1. The molecule has 0 atom stereocenters. The third-order valence-corrected chi connectivity index (χ3v) is 3.88. The monoisotopic (exact) mass is 240 g/mol. The Hall–Kier alpha value is -0.810. The summed E-state index contributed by atoms with van der Waals surface area (Å²) in [7, 11) is 0. The first kappa shape index (κ1) is 11.3. The van der Waals surface area contributed by atoms with Crippen molar-refractivity contribution in [2.24, 2.45) is 0 Å². The van der Waals surface area contributed by atoms with Crippen LogP contribution >= 0.6 is 0 Å². The minimum absolute atomic E-state index is 0.167. The Labute approximate surface area is 102 Å². The van der Waals surface area contributed by atoms with Gasteiger partial charge in [-0.25, -0.2) is 4.79 Å². The molecular weight excluding hydrogens is 220 g/mol. The van der Waals surface area contributed by atoms with Crippen molar-refractivity contribution in [1.29, 1.82) is 0 Å². The Morgan fingerprint density at radius 3 is 2.29 bits per heavy atom. The van der Waals surface area contributed by atoms with Crippen LogP contribution < -0.4 is 0 Å². The molecule has 3 rings (SSSR count). The molecular formula is C12H20N2O3. The first-order valence-electron chi connectivity index (χ1n) is 6.61. The van der Waals surface area contributed by atoms with Crippen molar-refractivity contribution in [2.45, 2.75) is 31.5 Å². The fourth-order valence-electron chi connectivity index (χ4n) is 2.99. The van der Waals surface area contributed by atoms with Gasteiger partial charge >= 0.3 is 6.03 Å². The normalized spacial score (nSPS) is 28.0. The summed E-state index contributed by atoms with van der Waals surface area (Å²) in [5, 5.41) is 0. The number of urea groups is 1. The van der Waals surface area contributed by atoms with Crippen molar-refractivity contribution in [2.75, 3.05) is 39.4 Å². The van der Waals surface area contributed by atoms with E-state index in [1.54, 1.807) is 0 Å². The topological polar surface area (TPSA) is 42.0 Å². The smallest absolute Gasteiger partial charge is 0.320 e. The van der Waals surface area contributed by atoms with E-state index in [9.17, 15) is 4.79 Å². The van der Waals surface area contributed by atoms with Gasteiger partial charge in [-0.05, 0) is 19.3 Å². The molecule has 3 heterocycles. The highest BCUT2D eigenvalue weighted by atomic mass is 16.7. The third kappa shape index (κ3) is 2.13. The van der Waals surface area contributed by atoms with Crippen LogP contribution in [0.15, 0.2) is 0 Å². The summed E-state index contributed by atoms with van der Waals surface area (Å²) < 4.78 is 11.4. The molecule has 3 fully saturated rings. The van der Waals surface area contributed by atoms with Crippen LogP contribution in [0.2, 0.25) is 0 Å². The van der Waals surface area contributed by atoms with Crippen molar-refractivity contribution in [3.63, 3.8) is 0 Å². The average Bonchev–Trinajstić information content (AvgIpc) is 3.00. The molecule has 0 aromatic carbocycles.